The Hall–Kier alpha value is 1.22. The molecule has 0 radical (unpaired) electrons. The molecular formula is C6H5LiS4. The summed E-state index contributed by atoms with van der Waals surface area (Å²) in [7, 11) is 0. The van der Waals surface area contributed by atoms with Crippen molar-refractivity contribution in [1.82, 2.24) is 0 Å². The second kappa shape index (κ2) is 5.06. The van der Waals surface area contributed by atoms with Gasteiger partial charge in [-0.1, -0.05) is 47.0 Å². The van der Waals surface area contributed by atoms with Gasteiger partial charge in [0.05, 0.1) is 8.47 Å². The zero-order chi connectivity index (χ0) is 6.81. The molecule has 0 spiro atoms. The second-order valence-corrected chi connectivity index (χ2v) is 5.77. The number of thioether (sulfide) groups is 4. The van der Waals surface area contributed by atoms with Gasteiger partial charge in [0, 0.05) is 0 Å². The molecule has 0 saturated heterocycles. The molecule has 2 heterocycles. The van der Waals surface area contributed by atoms with Gasteiger partial charge in [0.15, 0.2) is 0 Å². The first-order valence-corrected chi connectivity index (χ1v) is 6.19. The SMILES string of the molecule is C1=CSC(=C2SC=CS2)S1.[LiH]. The Kier molecular flexibility index (Phi) is 4.73. The quantitative estimate of drug-likeness (QED) is 0.564. The summed E-state index contributed by atoms with van der Waals surface area (Å²) in [6.07, 6.45) is 0. The van der Waals surface area contributed by atoms with E-state index < -0.39 is 0 Å². The van der Waals surface area contributed by atoms with Gasteiger partial charge in [-0.05, 0) is 21.6 Å². The summed E-state index contributed by atoms with van der Waals surface area (Å²) < 4.78 is 2.86. The molecule has 0 fully saturated rings. The van der Waals surface area contributed by atoms with Gasteiger partial charge < -0.3 is 0 Å². The molecule has 2 aliphatic rings. The van der Waals surface area contributed by atoms with Crippen LogP contribution in [0.4, 0.5) is 0 Å². The normalized spacial score (nSPS) is 21.1. The average molecular weight is 212 g/mol. The van der Waals surface area contributed by atoms with E-state index in [9.17, 15) is 0 Å². The Labute approximate surface area is 95.3 Å². The van der Waals surface area contributed by atoms with E-state index in [0.29, 0.717) is 0 Å². The Morgan fingerprint density at radius 1 is 0.636 bits per heavy atom. The standard InChI is InChI=1S/C6H4S4.Li.H/c1-2-8-5(7-1)6-9-3-4-10-6;;/h1-4H;;. The molecular weight excluding hydrogens is 207 g/mol. The van der Waals surface area contributed by atoms with Crippen LogP contribution in [0.3, 0.4) is 0 Å². The molecule has 0 N–H and O–H groups in total. The fraction of sp³-hybridized carbons (Fsp3) is 0. The van der Waals surface area contributed by atoms with Crippen molar-refractivity contribution in [2.45, 2.75) is 0 Å². The maximum atomic E-state index is 2.13. The van der Waals surface area contributed by atoms with Gasteiger partial charge in [-0.25, -0.2) is 0 Å². The average Bonchev–Trinajstić information content (AvgIpc) is 2.59. The molecule has 5 heteroatoms. The van der Waals surface area contributed by atoms with Crippen LogP contribution in [0.5, 0.6) is 0 Å². The van der Waals surface area contributed by atoms with Gasteiger partial charge in [-0.3, -0.25) is 0 Å². The van der Waals surface area contributed by atoms with Crippen molar-refractivity contribution >= 4 is 65.9 Å². The van der Waals surface area contributed by atoms with Crippen LogP contribution in [-0.2, 0) is 0 Å². The van der Waals surface area contributed by atoms with Crippen LogP contribution in [0.2, 0.25) is 0 Å². The molecule has 0 aromatic heterocycles. The molecule has 0 bridgehead atoms. The number of hydrogen-bond acceptors (Lipinski definition) is 4. The molecule has 0 aromatic rings. The maximum absolute atomic E-state index is 2.13. The van der Waals surface area contributed by atoms with Crippen molar-refractivity contribution in [3.05, 3.63) is 30.1 Å². The van der Waals surface area contributed by atoms with E-state index in [1.54, 1.807) is 0 Å². The molecule has 0 aliphatic carbocycles. The molecule has 54 valence electrons. The minimum atomic E-state index is 0. The first-order valence-electron chi connectivity index (χ1n) is 2.68. The van der Waals surface area contributed by atoms with E-state index in [-0.39, 0.29) is 18.9 Å². The third-order valence-corrected chi connectivity index (χ3v) is 5.76. The second-order valence-electron chi connectivity index (χ2n) is 1.59. The van der Waals surface area contributed by atoms with Crippen LogP contribution in [0, 0.1) is 0 Å². The Balaban J connectivity index is 0.000000605. The van der Waals surface area contributed by atoms with Gasteiger partial charge in [-0.2, -0.15) is 0 Å². The summed E-state index contributed by atoms with van der Waals surface area (Å²) >= 11 is 7.28. The first-order chi connectivity index (χ1) is 4.97. The summed E-state index contributed by atoms with van der Waals surface area (Å²) in [5, 5.41) is 8.53. The third kappa shape index (κ3) is 2.58. The number of rotatable bonds is 0. The molecule has 0 saturated carbocycles. The van der Waals surface area contributed by atoms with Crippen LogP contribution in [0.15, 0.2) is 30.1 Å². The summed E-state index contributed by atoms with van der Waals surface area (Å²) in [4.78, 5) is 0. The Morgan fingerprint density at radius 3 is 1.18 bits per heavy atom. The predicted octanol–water partition coefficient (Wildman–Crippen LogP) is 3.37. The van der Waals surface area contributed by atoms with E-state index in [2.05, 4.69) is 21.6 Å². The molecule has 0 unspecified atom stereocenters. The van der Waals surface area contributed by atoms with Crippen LogP contribution in [0.1, 0.15) is 0 Å². The monoisotopic (exact) mass is 212 g/mol. The van der Waals surface area contributed by atoms with Gasteiger partial charge >= 0.3 is 18.9 Å². The fourth-order valence-electron chi connectivity index (χ4n) is 0.606. The van der Waals surface area contributed by atoms with E-state index in [4.69, 9.17) is 0 Å². The zero-order valence-electron chi connectivity index (χ0n) is 4.94. The fourth-order valence-corrected chi connectivity index (χ4v) is 4.64. The molecule has 2 rings (SSSR count). The van der Waals surface area contributed by atoms with Crippen molar-refractivity contribution < 1.29 is 0 Å². The Bertz CT molecular complexity index is 187. The van der Waals surface area contributed by atoms with Crippen LogP contribution in [-0.4, -0.2) is 18.9 Å². The van der Waals surface area contributed by atoms with E-state index in [1.165, 1.54) is 8.47 Å². The van der Waals surface area contributed by atoms with Crippen molar-refractivity contribution in [3.63, 3.8) is 0 Å². The van der Waals surface area contributed by atoms with Gasteiger partial charge in [0.2, 0.25) is 0 Å². The summed E-state index contributed by atoms with van der Waals surface area (Å²) in [5.74, 6) is 0. The molecule has 11 heavy (non-hydrogen) atoms. The Morgan fingerprint density at radius 2 is 0.909 bits per heavy atom. The van der Waals surface area contributed by atoms with Crippen molar-refractivity contribution in [1.29, 1.82) is 0 Å². The molecule has 2 aliphatic heterocycles. The van der Waals surface area contributed by atoms with E-state index in [0.717, 1.165) is 0 Å². The summed E-state index contributed by atoms with van der Waals surface area (Å²) in [6.45, 7) is 0. The van der Waals surface area contributed by atoms with Crippen LogP contribution >= 0.6 is 47.0 Å². The zero-order valence-corrected chi connectivity index (χ0v) is 8.21. The first kappa shape index (κ1) is 10.3. The third-order valence-electron chi connectivity index (χ3n) is 0.978. The van der Waals surface area contributed by atoms with Crippen molar-refractivity contribution in [3.8, 4) is 0 Å². The molecule has 0 atom stereocenters. The minimum absolute atomic E-state index is 0. The van der Waals surface area contributed by atoms with Gasteiger partial charge in [0.1, 0.15) is 0 Å². The molecule has 0 amide bonds. The van der Waals surface area contributed by atoms with E-state index >= 15 is 0 Å². The van der Waals surface area contributed by atoms with Crippen LogP contribution < -0.4 is 0 Å². The number of hydrogen-bond donors (Lipinski definition) is 0. The predicted molar refractivity (Wildman–Crippen MR) is 62.8 cm³/mol. The summed E-state index contributed by atoms with van der Waals surface area (Å²) in [6, 6.07) is 0. The van der Waals surface area contributed by atoms with E-state index in [1.807, 2.05) is 47.0 Å². The molecule has 0 aromatic carbocycles. The summed E-state index contributed by atoms with van der Waals surface area (Å²) in [5.41, 5.74) is 0. The van der Waals surface area contributed by atoms with Crippen molar-refractivity contribution in [2.24, 2.45) is 0 Å². The van der Waals surface area contributed by atoms with Crippen molar-refractivity contribution in [2.75, 3.05) is 0 Å². The molecule has 0 nitrogen and oxygen atoms in total. The van der Waals surface area contributed by atoms with Gasteiger partial charge in [0.25, 0.3) is 0 Å². The topological polar surface area (TPSA) is 0 Å². The van der Waals surface area contributed by atoms with Gasteiger partial charge in [-0.15, -0.1) is 0 Å². The van der Waals surface area contributed by atoms with Crippen LogP contribution in [0.25, 0.3) is 0 Å².